The van der Waals surface area contributed by atoms with Crippen LogP contribution in [0.2, 0.25) is 0 Å². The quantitative estimate of drug-likeness (QED) is 0.732. The number of nitrogens with zero attached hydrogens (tertiary/aromatic N) is 2. The topological polar surface area (TPSA) is 40.6 Å². The molecular weight excluding hydrogens is 367 g/mol. The van der Waals surface area contributed by atoms with Crippen LogP contribution in [0, 0.1) is 10.5 Å². The molecule has 1 heterocycles. The molecule has 1 fully saturated rings. The lowest BCUT2D eigenvalue weighted by molar-refractivity contribution is -0.132. The molecule has 0 atom stereocenters. The van der Waals surface area contributed by atoms with Gasteiger partial charge < -0.3 is 9.80 Å². The average Bonchev–Trinajstić information content (AvgIpc) is 2.48. The smallest absolute Gasteiger partial charge is 0.255 e. The number of carbonyl (C=O) groups is 2. The van der Waals surface area contributed by atoms with Crippen molar-refractivity contribution in [3.05, 3.63) is 32.9 Å². The van der Waals surface area contributed by atoms with Crippen LogP contribution in [0.3, 0.4) is 0 Å². The van der Waals surface area contributed by atoms with Crippen LogP contribution in [-0.2, 0) is 4.79 Å². The molecule has 1 saturated heterocycles. The van der Waals surface area contributed by atoms with Crippen LogP contribution in [0.1, 0.15) is 29.3 Å². The summed E-state index contributed by atoms with van der Waals surface area (Å²) in [5.41, 5.74) is 1.89. The minimum Gasteiger partial charge on any atom is -0.339 e. The van der Waals surface area contributed by atoms with Crippen LogP contribution in [0.25, 0.3) is 0 Å². The van der Waals surface area contributed by atoms with Crippen molar-refractivity contribution in [2.24, 2.45) is 0 Å². The van der Waals surface area contributed by atoms with E-state index in [1.165, 1.54) is 0 Å². The van der Waals surface area contributed by atoms with E-state index in [0.29, 0.717) is 32.6 Å². The van der Waals surface area contributed by atoms with Gasteiger partial charge in [0.1, 0.15) is 0 Å². The third-order valence-electron chi connectivity index (χ3n) is 3.64. The van der Waals surface area contributed by atoms with Gasteiger partial charge in [-0.15, -0.1) is 0 Å². The minimum atomic E-state index is 0.0710. The third-order valence-corrected chi connectivity index (χ3v) is 5.08. The van der Waals surface area contributed by atoms with Gasteiger partial charge in [0.15, 0.2) is 0 Å². The summed E-state index contributed by atoms with van der Waals surface area (Å²) in [6, 6.07) is 5.80. The van der Waals surface area contributed by atoms with Crippen molar-refractivity contribution in [3.8, 4) is 0 Å². The fourth-order valence-corrected chi connectivity index (χ4v) is 2.96. The van der Waals surface area contributed by atoms with Crippen molar-refractivity contribution in [3.63, 3.8) is 0 Å². The molecular formula is C15H19IN2O2. The Labute approximate surface area is 133 Å². The molecule has 1 aromatic carbocycles. The number of halogens is 1. The van der Waals surface area contributed by atoms with Crippen LogP contribution >= 0.6 is 22.6 Å². The number of aryl methyl sites for hydroxylation is 1. The zero-order valence-electron chi connectivity index (χ0n) is 11.9. The molecule has 2 rings (SSSR count). The molecule has 0 N–H and O–H groups in total. The molecule has 0 bridgehead atoms. The van der Waals surface area contributed by atoms with Gasteiger partial charge in [0.2, 0.25) is 5.91 Å². The Kier molecular flexibility index (Phi) is 5.01. The van der Waals surface area contributed by atoms with Crippen molar-refractivity contribution in [2.45, 2.75) is 20.3 Å². The lowest BCUT2D eigenvalue weighted by Gasteiger charge is -2.35. The lowest BCUT2D eigenvalue weighted by atomic mass is 10.1. The summed E-state index contributed by atoms with van der Waals surface area (Å²) in [5, 5.41) is 0. The van der Waals surface area contributed by atoms with Crippen molar-refractivity contribution in [2.75, 3.05) is 26.2 Å². The summed E-state index contributed by atoms with van der Waals surface area (Å²) in [5.74, 6) is 0.240. The van der Waals surface area contributed by atoms with Gasteiger partial charge >= 0.3 is 0 Å². The standard InChI is InChI=1S/C15H19IN2O2/c1-3-13(19)17-7-9-18(10-8-17)15(20)12-6-4-5-11(2)14(12)16/h4-6H,3,7-10H2,1-2H3. The maximum atomic E-state index is 12.5. The van der Waals surface area contributed by atoms with Gasteiger partial charge in [0.05, 0.1) is 5.56 Å². The molecule has 5 heteroatoms. The molecule has 0 radical (unpaired) electrons. The Morgan fingerprint density at radius 1 is 1.15 bits per heavy atom. The SMILES string of the molecule is CCC(=O)N1CCN(C(=O)c2cccc(C)c2I)CC1. The number of piperazine rings is 1. The predicted molar refractivity (Wildman–Crippen MR) is 86.7 cm³/mol. The molecule has 0 spiro atoms. The Morgan fingerprint density at radius 2 is 1.75 bits per heavy atom. The first-order chi connectivity index (χ1) is 9.54. The lowest BCUT2D eigenvalue weighted by Crippen LogP contribution is -2.50. The maximum Gasteiger partial charge on any atom is 0.255 e. The number of amides is 2. The van der Waals surface area contributed by atoms with Crippen LogP contribution in [-0.4, -0.2) is 47.8 Å². The predicted octanol–water partition coefficient (Wildman–Crippen LogP) is 2.29. The summed E-state index contributed by atoms with van der Waals surface area (Å²) in [6.45, 7) is 6.40. The van der Waals surface area contributed by atoms with Crippen LogP contribution in [0.5, 0.6) is 0 Å². The van der Waals surface area contributed by atoms with E-state index in [0.717, 1.165) is 14.7 Å². The van der Waals surface area contributed by atoms with Gasteiger partial charge in [-0.25, -0.2) is 0 Å². The first kappa shape index (κ1) is 15.3. The van der Waals surface area contributed by atoms with Crippen molar-refractivity contribution >= 4 is 34.4 Å². The Hall–Kier alpha value is -1.11. The molecule has 1 aromatic rings. The van der Waals surface area contributed by atoms with E-state index in [9.17, 15) is 9.59 Å². The molecule has 0 unspecified atom stereocenters. The second-order valence-electron chi connectivity index (χ2n) is 4.96. The molecule has 20 heavy (non-hydrogen) atoms. The van der Waals surface area contributed by atoms with E-state index in [1.54, 1.807) is 0 Å². The Morgan fingerprint density at radius 3 is 2.35 bits per heavy atom. The molecule has 0 aliphatic carbocycles. The van der Waals surface area contributed by atoms with Gasteiger partial charge in [-0.05, 0) is 41.1 Å². The highest BCUT2D eigenvalue weighted by Crippen LogP contribution is 2.19. The summed E-state index contributed by atoms with van der Waals surface area (Å²) in [7, 11) is 0. The molecule has 1 aliphatic heterocycles. The summed E-state index contributed by atoms with van der Waals surface area (Å²) in [4.78, 5) is 27.9. The highest BCUT2D eigenvalue weighted by atomic mass is 127. The number of carbonyl (C=O) groups excluding carboxylic acids is 2. The minimum absolute atomic E-state index is 0.0710. The third kappa shape index (κ3) is 3.13. The van der Waals surface area contributed by atoms with Crippen LogP contribution < -0.4 is 0 Å². The molecule has 0 aromatic heterocycles. The molecule has 2 amide bonds. The van der Waals surface area contributed by atoms with E-state index in [2.05, 4.69) is 22.6 Å². The normalized spacial score (nSPS) is 15.3. The van der Waals surface area contributed by atoms with Crippen LogP contribution in [0.15, 0.2) is 18.2 Å². The van der Waals surface area contributed by atoms with E-state index in [-0.39, 0.29) is 11.8 Å². The average molecular weight is 386 g/mol. The van der Waals surface area contributed by atoms with Gasteiger partial charge in [-0.1, -0.05) is 19.1 Å². The second kappa shape index (κ2) is 6.56. The highest BCUT2D eigenvalue weighted by molar-refractivity contribution is 14.1. The Bertz CT molecular complexity index is 523. The van der Waals surface area contributed by atoms with Crippen molar-refractivity contribution in [1.29, 1.82) is 0 Å². The first-order valence-corrected chi connectivity index (χ1v) is 7.94. The largest absolute Gasteiger partial charge is 0.339 e. The van der Waals surface area contributed by atoms with Crippen molar-refractivity contribution < 1.29 is 9.59 Å². The zero-order chi connectivity index (χ0) is 14.7. The molecule has 1 aliphatic rings. The summed E-state index contributed by atoms with van der Waals surface area (Å²) >= 11 is 2.22. The molecule has 108 valence electrons. The van der Waals surface area contributed by atoms with Gasteiger partial charge in [0.25, 0.3) is 5.91 Å². The van der Waals surface area contributed by atoms with E-state index < -0.39 is 0 Å². The van der Waals surface area contributed by atoms with E-state index in [1.807, 2.05) is 41.8 Å². The Balaban J connectivity index is 2.05. The summed E-state index contributed by atoms with van der Waals surface area (Å²) in [6.07, 6.45) is 0.531. The number of hydrogen-bond acceptors (Lipinski definition) is 2. The van der Waals surface area contributed by atoms with E-state index >= 15 is 0 Å². The maximum absolute atomic E-state index is 12.5. The first-order valence-electron chi connectivity index (χ1n) is 6.86. The van der Waals surface area contributed by atoms with Gasteiger partial charge in [-0.3, -0.25) is 9.59 Å². The monoisotopic (exact) mass is 386 g/mol. The van der Waals surface area contributed by atoms with E-state index in [4.69, 9.17) is 0 Å². The van der Waals surface area contributed by atoms with Gasteiger partial charge in [0, 0.05) is 36.2 Å². The molecule has 4 nitrogen and oxygen atoms in total. The summed E-state index contributed by atoms with van der Waals surface area (Å²) < 4.78 is 1.02. The van der Waals surface area contributed by atoms with Crippen LogP contribution in [0.4, 0.5) is 0 Å². The number of hydrogen-bond donors (Lipinski definition) is 0. The highest BCUT2D eigenvalue weighted by Gasteiger charge is 2.25. The number of rotatable bonds is 2. The fourth-order valence-electron chi connectivity index (χ4n) is 2.37. The van der Waals surface area contributed by atoms with Crippen molar-refractivity contribution in [1.82, 2.24) is 9.80 Å². The number of benzene rings is 1. The van der Waals surface area contributed by atoms with Gasteiger partial charge in [-0.2, -0.15) is 0 Å². The second-order valence-corrected chi connectivity index (χ2v) is 6.04. The zero-order valence-corrected chi connectivity index (χ0v) is 14.0. The molecule has 0 saturated carbocycles. The fraction of sp³-hybridized carbons (Fsp3) is 0.467.